The van der Waals surface area contributed by atoms with Crippen molar-refractivity contribution >= 4 is 23.4 Å². The molecule has 4 fully saturated rings. The van der Waals surface area contributed by atoms with Gasteiger partial charge in [0.1, 0.15) is 5.78 Å². The van der Waals surface area contributed by atoms with Crippen LogP contribution in [0.4, 0.5) is 0 Å². The first-order valence-electron chi connectivity index (χ1n) is 11.5. The van der Waals surface area contributed by atoms with Gasteiger partial charge in [-0.05, 0) is 75.6 Å². The molecule has 7 nitrogen and oxygen atoms in total. The Hall–Kier alpha value is -2.54. The molecule has 0 aromatic heterocycles. The average molecular weight is 439 g/mol. The summed E-state index contributed by atoms with van der Waals surface area (Å²) >= 11 is 0. The molecule has 2 amide bonds. The Morgan fingerprint density at radius 1 is 1.22 bits per heavy atom. The molecule has 170 valence electrons. The van der Waals surface area contributed by atoms with Crippen LogP contribution in [0.3, 0.4) is 0 Å². The lowest BCUT2D eigenvalue weighted by molar-refractivity contribution is -0.294. The van der Waals surface area contributed by atoms with Crippen molar-refractivity contribution in [2.45, 2.75) is 83.5 Å². The minimum Gasteiger partial charge on any atom is -0.390 e. The van der Waals surface area contributed by atoms with Crippen LogP contribution in [0.25, 0.3) is 0 Å². The van der Waals surface area contributed by atoms with Crippen LogP contribution in [0.2, 0.25) is 0 Å². The number of amides is 2. The fourth-order valence-corrected chi connectivity index (χ4v) is 6.33. The van der Waals surface area contributed by atoms with Crippen LogP contribution in [-0.4, -0.2) is 51.1 Å². The van der Waals surface area contributed by atoms with E-state index in [4.69, 9.17) is 0 Å². The fraction of sp³-hybridized carbons (Fsp3) is 0.600. The van der Waals surface area contributed by atoms with Gasteiger partial charge in [-0.3, -0.25) is 19.2 Å². The molecule has 1 aromatic rings. The first-order chi connectivity index (χ1) is 14.9. The van der Waals surface area contributed by atoms with E-state index in [0.717, 1.165) is 24.8 Å². The van der Waals surface area contributed by atoms with Crippen LogP contribution in [0.1, 0.15) is 85.6 Å². The van der Waals surface area contributed by atoms with Crippen molar-refractivity contribution in [1.82, 2.24) is 10.2 Å². The largest absolute Gasteiger partial charge is 0.390 e. The second-order valence-corrected chi connectivity index (χ2v) is 11.0. The molecule has 1 unspecified atom stereocenters. The Kier molecular flexibility index (Phi) is 4.48. The van der Waals surface area contributed by atoms with E-state index in [0.29, 0.717) is 24.0 Å². The number of nitrogens with zero attached hydrogens (tertiary/aromatic N) is 1. The number of aliphatic hydroxyl groups is 1. The van der Waals surface area contributed by atoms with Crippen molar-refractivity contribution in [2.75, 3.05) is 0 Å². The van der Waals surface area contributed by atoms with E-state index in [-0.39, 0.29) is 53.2 Å². The first-order valence-corrected chi connectivity index (χ1v) is 11.5. The van der Waals surface area contributed by atoms with Crippen molar-refractivity contribution in [2.24, 2.45) is 10.8 Å². The summed E-state index contributed by atoms with van der Waals surface area (Å²) < 4.78 is 0. The normalized spacial score (nSPS) is 32.2. The summed E-state index contributed by atoms with van der Waals surface area (Å²) in [5, 5.41) is 13.5. The summed E-state index contributed by atoms with van der Waals surface area (Å²) in [6.07, 6.45) is 3.37. The van der Waals surface area contributed by atoms with E-state index >= 15 is 0 Å². The summed E-state index contributed by atoms with van der Waals surface area (Å²) in [6.45, 7) is 6.05. The lowest BCUT2D eigenvalue weighted by Gasteiger charge is -2.76. The van der Waals surface area contributed by atoms with E-state index in [1.807, 2.05) is 20.8 Å². The molecule has 2 bridgehead atoms. The second-order valence-electron chi connectivity index (χ2n) is 11.0. The molecule has 6 rings (SSSR count). The fourth-order valence-electron chi connectivity index (χ4n) is 6.33. The summed E-state index contributed by atoms with van der Waals surface area (Å²) in [7, 11) is 0. The molecule has 4 aliphatic carbocycles. The van der Waals surface area contributed by atoms with E-state index in [1.54, 1.807) is 23.1 Å². The maximum absolute atomic E-state index is 12.9. The van der Waals surface area contributed by atoms with E-state index in [1.165, 1.54) is 0 Å². The van der Waals surface area contributed by atoms with Crippen molar-refractivity contribution in [3.05, 3.63) is 34.9 Å². The van der Waals surface area contributed by atoms with E-state index < -0.39 is 11.6 Å². The number of Topliss-reactive ketones (excluding diaryl/α,β-unsaturated/α-hetero) is 2. The van der Waals surface area contributed by atoms with Crippen molar-refractivity contribution < 1.29 is 24.3 Å². The molecule has 0 spiro atoms. The van der Waals surface area contributed by atoms with Crippen LogP contribution in [-0.2, 0) is 16.1 Å². The number of carbonyl (C=O) groups excluding carboxylic acids is 4. The van der Waals surface area contributed by atoms with Crippen LogP contribution in [0, 0.1) is 10.8 Å². The van der Waals surface area contributed by atoms with Crippen LogP contribution >= 0.6 is 0 Å². The van der Waals surface area contributed by atoms with Gasteiger partial charge >= 0.3 is 0 Å². The van der Waals surface area contributed by atoms with Gasteiger partial charge in [0.2, 0.25) is 0 Å². The van der Waals surface area contributed by atoms with Gasteiger partial charge in [0.25, 0.3) is 11.8 Å². The molecule has 2 atom stereocenters. The number of hydrogen-bond acceptors (Lipinski definition) is 5. The molecule has 1 aliphatic heterocycles. The molecule has 7 heteroatoms. The molecular weight excluding hydrogens is 408 g/mol. The summed E-state index contributed by atoms with van der Waals surface area (Å²) in [6, 6.07) is 4.52. The summed E-state index contributed by atoms with van der Waals surface area (Å²) in [5.41, 5.74) is 1.13. The predicted octanol–water partition coefficient (Wildman–Crippen LogP) is 2.39. The van der Waals surface area contributed by atoms with Crippen LogP contribution in [0.15, 0.2) is 18.2 Å². The molecule has 0 radical (unpaired) electrons. The standard InChI is InChI=1S/C25H30N2O5/c1-14(24-11-25(12-24,13-24)23(2,3)32)26-21(30)15-4-6-18-16(8-15)10-27(22(18)31)19-7-5-17(28)9-20(19)29/h4,6,8,14,19,32H,5,7,9-13H2,1-3H3,(H,26,30)/t14-,19?,24?,25?/m0/s1. The number of rotatable bonds is 5. The minimum absolute atomic E-state index is 0.00278. The number of carbonyl (C=O) groups is 4. The second kappa shape index (κ2) is 6.73. The van der Waals surface area contributed by atoms with E-state index in [9.17, 15) is 24.3 Å². The molecule has 0 saturated heterocycles. The smallest absolute Gasteiger partial charge is 0.255 e. The highest BCUT2D eigenvalue weighted by Crippen LogP contribution is 2.78. The van der Waals surface area contributed by atoms with Crippen molar-refractivity contribution in [1.29, 1.82) is 0 Å². The van der Waals surface area contributed by atoms with Gasteiger partial charge in [-0.2, -0.15) is 0 Å². The van der Waals surface area contributed by atoms with Gasteiger partial charge in [0.05, 0.1) is 18.1 Å². The Morgan fingerprint density at radius 2 is 1.91 bits per heavy atom. The zero-order chi connectivity index (χ0) is 23.1. The van der Waals surface area contributed by atoms with Gasteiger partial charge in [-0.15, -0.1) is 0 Å². The van der Waals surface area contributed by atoms with Crippen molar-refractivity contribution in [3.8, 4) is 0 Å². The van der Waals surface area contributed by atoms with Gasteiger partial charge in [0.15, 0.2) is 5.78 Å². The van der Waals surface area contributed by atoms with E-state index in [2.05, 4.69) is 5.32 Å². The third kappa shape index (κ3) is 2.97. The average Bonchev–Trinajstić information content (AvgIpc) is 2.94. The van der Waals surface area contributed by atoms with Gasteiger partial charge < -0.3 is 15.3 Å². The molecular formula is C25H30N2O5. The summed E-state index contributed by atoms with van der Waals surface area (Å²) in [5.74, 6) is -0.649. The van der Waals surface area contributed by atoms with Crippen molar-refractivity contribution in [3.63, 3.8) is 0 Å². The minimum atomic E-state index is -0.691. The Bertz CT molecular complexity index is 1030. The topological polar surface area (TPSA) is 104 Å². The summed E-state index contributed by atoms with van der Waals surface area (Å²) in [4.78, 5) is 51.2. The molecule has 32 heavy (non-hydrogen) atoms. The lowest BCUT2D eigenvalue weighted by Crippen LogP contribution is -2.75. The molecule has 1 heterocycles. The zero-order valence-corrected chi connectivity index (χ0v) is 18.9. The SMILES string of the molecule is C[C@H](NC(=O)c1ccc2c(c1)CN(C1CCC(=O)CC1=O)C2=O)C12CC(C(C)(C)O)(C1)C2. The number of nitrogens with one attached hydrogen (secondary N) is 1. The molecule has 4 saturated carbocycles. The maximum Gasteiger partial charge on any atom is 0.255 e. The number of ketones is 2. The highest BCUT2D eigenvalue weighted by atomic mass is 16.3. The number of benzene rings is 1. The number of fused-ring (bicyclic) bond motifs is 1. The van der Waals surface area contributed by atoms with Gasteiger partial charge in [-0.25, -0.2) is 0 Å². The maximum atomic E-state index is 12.9. The van der Waals surface area contributed by atoms with Gasteiger partial charge in [-0.1, -0.05) is 0 Å². The van der Waals surface area contributed by atoms with Gasteiger partial charge in [0, 0.05) is 35.5 Å². The zero-order valence-electron chi connectivity index (χ0n) is 18.9. The number of hydrogen-bond donors (Lipinski definition) is 2. The monoisotopic (exact) mass is 438 g/mol. The Labute approximate surface area is 187 Å². The van der Waals surface area contributed by atoms with Crippen LogP contribution < -0.4 is 5.32 Å². The highest BCUT2D eigenvalue weighted by Gasteiger charge is 2.74. The van der Waals surface area contributed by atoms with Crippen LogP contribution in [0.5, 0.6) is 0 Å². The third-order valence-corrected chi connectivity index (χ3v) is 8.65. The Balaban J connectivity index is 1.25. The lowest BCUT2D eigenvalue weighted by atomic mass is 9.30. The molecule has 1 aromatic carbocycles. The predicted molar refractivity (Wildman–Crippen MR) is 116 cm³/mol. The first kappa shape index (κ1) is 21.3. The molecule has 2 N–H and O–H groups in total. The highest BCUT2D eigenvalue weighted by molar-refractivity contribution is 6.08. The Morgan fingerprint density at radius 3 is 2.53 bits per heavy atom. The quantitative estimate of drug-likeness (QED) is 0.687. The third-order valence-electron chi connectivity index (χ3n) is 8.65. The molecule has 5 aliphatic rings.